The van der Waals surface area contributed by atoms with Gasteiger partial charge in [-0.3, -0.25) is 0 Å². The molecule has 0 bridgehead atoms. The van der Waals surface area contributed by atoms with Gasteiger partial charge >= 0.3 is 111 Å². The second-order valence-electron chi connectivity index (χ2n) is 1.57. The van der Waals surface area contributed by atoms with Gasteiger partial charge < -0.3 is 0 Å². The standard InChI is InChI=1S/C2Si4Te4/c3-1(4)7-9-2(5,6)10-8-1. The first kappa shape index (κ1) is 12.1. The van der Waals surface area contributed by atoms with Gasteiger partial charge in [0, 0.05) is 0 Å². The summed E-state index contributed by atoms with van der Waals surface area (Å²) >= 11 is 1.03. The molecule has 0 spiro atoms. The molecule has 1 saturated heterocycles. The van der Waals surface area contributed by atoms with E-state index in [4.69, 9.17) is 0 Å². The average molecular weight is 647 g/mol. The van der Waals surface area contributed by atoms with E-state index in [1.807, 2.05) is 0 Å². The molecule has 0 aromatic carbocycles. The van der Waals surface area contributed by atoms with E-state index in [1.54, 1.807) is 0 Å². The SMILES string of the molecule is [Si]C1([Si])[Te][Te]C([Si])([Si])[Te][Te]1. The van der Waals surface area contributed by atoms with Gasteiger partial charge in [-0.05, 0) is 0 Å². The van der Waals surface area contributed by atoms with Crippen LogP contribution in [0.3, 0.4) is 0 Å². The maximum absolute atomic E-state index is 3.85. The van der Waals surface area contributed by atoms with E-state index >= 15 is 0 Å². The van der Waals surface area contributed by atoms with E-state index in [2.05, 4.69) is 41.0 Å². The van der Waals surface area contributed by atoms with Gasteiger partial charge in [0.05, 0.1) is 0 Å². The monoisotopic (exact) mass is 656 g/mol. The molecule has 0 saturated carbocycles. The summed E-state index contributed by atoms with van der Waals surface area (Å²) in [5.74, 6) is 0. The van der Waals surface area contributed by atoms with Crippen molar-refractivity contribution >= 4 is 109 Å². The molecular weight excluding hydrogens is 647 g/mol. The van der Waals surface area contributed by atoms with Gasteiger partial charge in [0.2, 0.25) is 0 Å². The van der Waals surface area contributed by atoms with Crippen molar-refractivity contribution in [1.82, 2.24) is 0 Å². The number of hydrogen-bond acceptors (Lipinski definition) is 0. The second-order valence-corrected chi connectivity index (χ2v) is 41.2. The van der Waals surface area contributed by atoms with E-state index in [-0.39, 0.29) is 68.2 Å². The Balaban J connectivity index is 2.46. The Hall–Kier alpha value is 4.03. The molecule has 1 heterocycles. The third kappa shape index (κ3) is 4.50. The normalized spacial score (nSPS) is 30.0. The predicted octanol–water partition coefficient (Wildman–Crippen LogP) is -2.62. The minimum atomic E-state index is 0.258. The fraction of sp³-hybridized carbons (Fsp3) is 1.00. The van der Waals surface area contributed by atoms with Crippen LogP contribution < -0.4 is 0 Å². The van der Waals surface area contributed by atoms with Crippen molar-refractivity contribution in [2.75, 3.05) is 0 Å². The summed E-state index contributed by atoms with van der Waals surface area (Å²) in [5.41, 5.74) is 0. The van der Waals surface area contributed by atoms with Gasteiger partial charge in [0.1, 0.15) is 0 Å². The first-order chi connectivity index (χ1) is 4.41. The molecular formula is C2Si4Te4. The molecule has 0 N–H and O–H groups in total. The summed E-state index contributed by atoms with van der Waals surface area (Å²) in [6.45, 7) is 0. The van der Waals surface area contributed by atoms with Crippen LogP contribution in [0.25, 0.3) is 0 Å². The van der Waals surface area contributed by atoms with Gasteiger partial charge in [-0.15, -0.1) is 0 Å². The summed E-state index contributed by atoms with van der Waals surface area (Å²) in [6, 6.07) is 0. The predicted molar refractivity (Wildman–Crippen MR) is 51.4 cm³/mol. The summed E-state index contributed by atoms with van der Waals surface area (Å²) in [6.07, 6.45) is 0. The van der Waals surface area contributed by atoms with Crippen LogP contribution >= 0.6 is 0 Å². The minimum absolute atomic E-state index is 0.258. The van der Waals surface area contributed by atoms with Crippen LogP contribution in [0.1, 0.15) is 0 Å². The number of rotatable bonds is 0. The summed E-state index contributed by atoms with van der Waals surface area (Å²) in [5, 5.41) is 0. The molecule has 0 nitrogen and oxygen atoms in total. The molecule has 12 radical (unpaired) electrons. The third-order valence-electron chi connectivity index (χ3n) is 0.553. The van der Waals surface area contributed by atoms with Crippen molar-refractivity contribution in [2.24, 2.45) is 0 Å². The molecule has 0 amide bonds. The van der Waals surface area contributed by atoms with Crippen molar-refractivity contribution in [3.05, 3.63) is 0 Å². The zero-order chi connectivity index (χ0) is 7.83. The molecule has 1 aliphatic rings. The van der Waals surface area contributed by atoms with E-state index in [0.717, 1.165) is 0 Å². The molecule has 0 aromatic rings. The zero-order valence-corrected chi connectivity index (χ0v) is 18.0. The quantitative estimate of drug-likeness (QED) is 0.253. The van der Waals surface area contributed by atoms with Crippen LogP contribution in [-0.2, 0) is 0 Å². The molecule has 10 heavy (non-hydrogen) atoms. The molecule has 1 fully saturated rings. The van der Waals surface area contributed by atoms with Gasteiger partial charge in [-0.1, -0.05) is 0 Å². The van der Waals surface area contributed by atoms with Crippen LogP contribution in [0, 0.1) is 0 Å². The average Bonchev–Trinajstić information content (AvgIpc) is 1.79. The fourth-order valence-electron chi connectivity index (χ4n) is 0.262. The van der Waals surface area contributed by atoms with E-state index in [9.17, 15) is 0 Å². The molecule has 8 heteroatoms. The van der Waals surface area contributed by atoms with Gasteiger partial charge in [-0.2, -0.15) is 0 Å². The molecule has 0 unspecified atom stereocenters. The van der Waals surface area contributed by atoms with Crippen LogP contribution in [0.5, 0.6) is 0 Å². The molecule has 1 rings (SSSR count). The maximum atomic E-state index is 3.85. The fourth-order valence-corrected chi connectivity index (χ4v) is 99.3. The van der Waals surface area contributed by atoms with Crippen molar-refractivity contribution in [2.45, 2.75) is 1.51 Å². The zero-order valence-electron chi connectivity index (χ0n) is 4.63. The van der Waals surface area contributed by atoms with Gasteiger partial charge in [0.25, 0.3) is 0 Å². The van der Waals surface area contributed by atoms with Crippen molar-refractivity contribution < 1.29 is 0 Å². The van der Waals surface area contributed by atoms with Crippen molar-refractivity contribution in [3.63, 3.8) is 0 Å². The Labute approximate surface area is 108 Å². The first-order valence-electron chi connectivity index (χ1n) is 2.15. The summed E-state index contributed by atoms with van der Waals surface area (Å²) in [7, 11) is 15.4. The Morgan fingerprint density at radius 2 is 0.800 bits per heavy atom. The first-order valence-corrected chi connectivity index (χ1v) is 23.5. The van der Waals surface area contributed by atoms with E-state index in [0.29, 0.717) is 1.51 Å². The molecule has 0 aliphatic carbocycles. The molecule has 48 valence electrons. The molecule has 0 atom stereocenters. The Kier molecular flexibility index (Phi) is 5.68. The van der Waals surface area contributed by atoms with Crippen LogP contribution in [0.15, 0.2) is 0 Å². The Morgan fingerprint density at radius 3 is 1.00 bits per heavy atom. The van der Waals surface area contributed by atoms with Crippen LogP contribution in [-0.4, -0.2) is 109 Å². The third-order valence-corrected chi connectivity index (χ3v) is 89.8. The van der Waals surface area contributed by atoms with Crippen LogP contribution in [0.4, 0.5) is 0 Å². The second kappa shape index (κ2) is 4.70. The Morgan fingerprint density at radius 1 is 0.600 bits per heavy atom. The van der Waals surface area contributed by atoms with E-state index in [1.165, 1.54) is 0 Å². The van der Waals surface area contributed by atoms with Gasteiger partial charge in [0.15, 0.2) is 0 Å². The topological polar surface area (TPSA) is 0 Å². The number of hydrogen-bond donors (Lipinski definition) is 0. The van der Waals surface area contributed by atoms with E-state index < -0.39 is 0 Å². The summed E-state index contributed by atoms with van der Waals surface area (Å²) < 4.78 is 1.12. The molecule has 1 aliphatic heterocycles. The van der Waals surface area contributed by atoms with Crippen molar-refractivity contribution in [1.29, 1.82) is 0 Å². The molecule has 0 aromatic heterocycles. The van der Waals surface area contributed by atoms with Crippen molar-refractivity contribution in [3.8, 4) is 0 Å². The van der Waals surface area contributed by atoms with Gasteiger partial charge in [-0.25, -0.2) is 0 Å². The summed E-state index contributed by atoms with van der Waals surface area (Å²) in [4.78, 5) is 0. The Bertz CT molecular complexity index is 107. The van der Waals surface area contributed by atoms with Crippen LogP contribution in [0.2, 0.25) is 1.51 Å².